The number of likely N-dealkylation sites (N-methyl/N-ethyl adjacent to an activating group) is 1. The summed E-state index contributed by atoms with van der Waals surface area (Å²) in [4.78, 5) is 22.8. The topological polar surface area (TPSA) is 105 Å². The van der Waals surface area contributed by atoms with E-state index in [-0.39, 0.29) is 19.1 Å². The molecule has 0 aromatic rings. The first-order chi connectivity index (χ1) is 23.0. The number of aliphatic hydroxyl groups excluding tert-OH is 1. The Balaban J connectivity index is 3.87. The second kappa shape index (κ2) is 32.4. The van der Waals surface area contributed by atoms with Crippen LogP contribution in [0.25, 0.3) is 0 Å². The molecule has 48 heavy (non-hydrogen) atoms. The van der Waals surface area contributed by atoms with Gasteiger partial charge in [0.25, 0.3) is 0 Å². The number of rotatable bonds is 37. The molecule has 3 N–H and O–H groups in total. The van der Waals surface area contributed by atoms with Gasteiger partial charge in [-0.3, -0.25) is 13.8 Å². The number of phosphoric ester groups is 1. The summed E-state index contributed by atoms with van der Waals surface area (Å²) in [5.41, 5.74) is 0. The molecule has 3 unspecified atom stereocenters. The first-order valence-corrected chi connectivity index (χ1v) is 21.9. The van der Waals surface area contributed by atoms with E-state index in [0.717, 1.165) is 38.5 Å². The number of phosphoric acid groups is 1. The van der Waals surface area contributed by atoms with Crippen molar-refractivity contribution < 1.29 is 32.9 Å². The van der Waals surface area contributed by atoms with E-state index in [1.165, 1.54) is 128 Å². The van der Waals surface area contributed by atoms with Gasteiger partial charge in [0, 0.05) is 6.42 Å². The SMILES string of the molecule is CCCCCCCCCCCCCCCCCCCCCCCCCC(=O)NC(COP(=O)(O)OCC[N+](C)(C)C)C(O)CCCCC. The molecular weight excluding hydrogens is 623 g/mol. The molecule has 0 fully saturated rings. The van der Waals surface area contributed by atoms with Crippen LogP contribution in [0.2, 0.25) is 0 Å². The number of carbonyl (C=O) groups is 1. The molecule has 0 aliphatic carbocycles. The molecule has 0 saturated carbocycles. The summed E-state index contributed by atoms with van der Waals surface area (Å²) >= 11 is 0. The normalized spacial score (nSPS) is 14.6. The maximum atomic E-state index is 12.7. The molecule has 0 saturated heterocycles. The third kappa shape index (κ3) is 34.0. The average Bonchev–Trinajstić information content (AvgIpc) is 3.02. The summed E-state index contributed by atoms with van der Waals surface area (Å²) in [6, 6.07) is -0.749. The fraction of sp³-hybridized carbons (Fsp3) is 0.974. The predicted octanol–water partition coefficient (Wildman–Crippen LogP) is 10.6. The lowest BCUT2D eigenvalue weighted by atomic mass is 10.0. The van der Waals surface area contributed by atoms with Crippen molar-refractivity contribution in [1.82, 2.24) is 5.32 Å². The van der Waals surface area contributed by atoms with Gasteiger partial charge in [0.05, 0.1) is 39.9 Å². The Morgan fingerprint density at radius 1 is 0.625 bits per heavy atom. The second-order valence-corrected chi connectivity index (χ2v) is 16.8. The fourth-order valence-electron chi connectivity index (χ4n) is 6.05. The van der Waals surface area contributed by atoms with Crippen LogP contribution in [0.5, 0.6) is 0 Å². The lowest BCUT2D eigenvalue weighted by molar-refractivity contribution is -0.870. The lowest BCUT2D eigenvalue weighted by Crippen LogP contribution is -2.46. The highest BCUT2D eigenvalue weighted by Gasteiger charge is 2.28. The number of quaternary nitrogens is 1. The first kappa shape index (κ1) is 47.5. The van der Waals surface area contributed by atoms with E-state index >= 15 is 0 Å². The summed E-state index contributed by atoms with van der Waals surface area (Å²) in [6.45, 7) is 4.73. The second-order valence-electron chi connectivity index (χ2n) is 15.4. The number of unbranched alkanes of at least 4 members (excludes halogenated alkanes) is 24. The zero-order valence-corrected chi connectivity index (χ0v) is 33.4. The molecule has 0 radical (unpaired) electrons. The Kier molecular flexibility index (Phi) is 32.1. The molecule has 8 nitrogen and oxygen atoms in total. The summed E-state index contributed by atoms with van der Waals surface area (Å²) in [7, 11) is 1.62. The summed E-state index contributed by atoms with van der Waals surface area (Å²) in [5.74, 6) is -0.152. The maximum Gasteiger partial charge on any atom is 0.472 e. The maximum absolute atomic E-state index is 12.7. The monoisotopic (exact) mass is 706 g/mol. The molecule has 288 valence electrons. The van der Waals surface area contributed by atoms with Gasteiger partial charge in [-0.1, -0.05) is 174 Å². The van der Waals surface area contributed by atoms with E-state index in [9.17, 15) is 19.4 Å². The molecule has 3 atom stereocenters. The molecule has 0 aromatic heterocycles. The van der Waals surface area contributed by atoms with Crippen LogP contribution in [0.4, 0.5) is 0 Å². The van der Waals surface area contributed by atoms with Crippen molar-refractivity contribution in [2.45, 2.75) is 206 Å². The Morgan fingerprint density at radius 3 is 1.40 bits per heavy atom. The van der Waals surface area contributed by atoms with Gasteiger partial charge in [0.15, 0.2) is 0 Å². The molecule has 0 aliphatic heterocycles. The number of nitrogens with zero attached hydrogens (tertiary/aromatic N) is 1. The summed E-state index contributed by atoms with van der Waals surface area (Å²) in [5, 5.41) is 13.6. The zero-order chi connectivity index (χ0) is 35.8. The molecule has 0 heterocycles. The highest BCUT2D eigenvalue weighted by atomic mass is 31.2. The third-order valence-electron chi connectivity index (χ3n) is 9.36. The predicted molar refractivity (Wildman–Crippen MR) is 203 cm³/mol. The van der Waals surface area contributed by atoms with Crippen molar-refractivity contribution >= 4 is 13.7 Å². The zero-order valence-electron chi connectivity index (χ0n) is 32.5. The average molecular weight is 706 g/mol. The van der Waals surface area contributed by atoms with Crippen molar-refractivity contribution in [1.29, 1.82) is 0 Å². The quantitative estimate of drug-likeness (QED) is 0.0338. The summed E-state index contributed by atoms with van der Waals surface area (Å²) < 4.78 is 23.3. The van der Waals surface area contributed by atoms with Crippen LogP contribution in [0.3, 0.4) is 0 Å². The molecule has 1 amide bonds. The van der Waals surface area contributed by atoms with E-state index in [1.54, 1.807) is 0 Å². The van der Waals surface area contributed by atoms with Crippen LogP contribution in [-0.4, -0.2) is 73.4 Å². The van der Waals surface area contributed by atoms with Gasteiger partial charge in [-0.25, -0.2) is 4.57 Å². The highest BCUT2D eigenvalue weighted by molar-refractivity contribution is 7.47. The highest BCUT2D eigenvalue weighted by Crippen LogP contribution is 2.43. The van der Waals surface area contributed by atoms with Crippen LogP contribution in [-0.2, 0) is 18.4 Å². The number of carbonyl (C=O) groups excluding carboxylic acids is 1. The Labute approximate surface area is 298 Å². The number of aliphatic hydroxyl groups is 1. The van der Waals surface area contributed by atoms with Crippen molar-refractivity contribution in [2.24, 2.45) is 0 Å². The minimum Gasteiger partial charge on any atom is -0.391 e. The van der Waals surface area contributed by atoms with Crippen molar-refractivity contribution in [3.05, 3.63) is 0 Å². The third-order valence-corrected chi connectivity index (χ3v) is 10.3. The summed E-state index contributed by atoms with van der Waals surface area (Å²) in [6.07, 6.45) is 33.6. The lowest BCUT2D eigenvalue weighted by Gasteiger charge is -2.26. The minimum atomic E-state index is -4.28. The van der Waals surface area contributed by atoms with Crippen molar-refractivity contribution in [2.75, 3.05) is 40.9 Å². The van der Waals surface area contributed by atoms with Gasteiger partial charge < -0.3 is 19.8 Å². The van der Waals surface area contributed by atoms with Gasteiger partial charge in [-0.05, 0) is 12.8 Å². The van der Waals surface area contributed by atoms with Gasteiger partial charge in [0.2, 0.25) is 5.91 Å². The van der Waals surface area contributed by atoms with Crippen LogP contribution >= 0.6 is 7.82 Å². The molecule has 0 spiro atoms. The van der Waals surface area contributed by atoms with E-state index in [2.05, 4.69) is 19.2 Å². The number of hydrogen-bond donors (Lipinski definition) is 3. The van der Waals surface area contributed by atoms with Gasteiger partial charge in [-0.2, -0.15) is 0 Å². The molecule has 9 heteroatoms. The van der Waals surface area contributed by atoms with Gasteiger partial charge in [0.1, 0.15) is 13.2 Å². The van der Waals surface area contributed by atoms with E-state index < -0.39 is 20.0 Å². The van der Waals surface area contributed by atoms with Crippen molar-refractivity contribution in [3.8, 4) is 0 Å². The first-order valence-electron chi connectivity index (χ1n) is 20.4. The molecular formula is C39H82N2O6P+. The standard InChI is InChI=1S/C39H81N2O6P/c1-6-8-10-11-12-13-14-15-16-17-18-19-20-21-22-23-24-25-26-27-28-29-31-33-39(43)40-37(38(42)32-30-9-7-2)36-47-48(44,45)46-35-34-41(3,4)5/h37-38,42H,6-36H2,1-5H3,(H-,40,43,44,45)/p+1. The largest absolute Gasteiger partial charge is 0.472 e. The molecule has 0 rings (SSSR count). The van der Waals surface area contributed by atoms with E-state index in [0.29, 0.717) is 23.9 Å². The smallest absolute Gasteiger partial charge is 0.391 e. The van der Waals surface area contributed by atoms with Crippen LogP contribution in [0.15, 0.2) is 0 Å². The van der Waals surface area contributed by atoms with Gasteiger partial charge >= 0.3 is 7.82 Å². The number of amides is 1. The molecule has 0 aromatic carbocycles. The molecule has 0 aliphatic rings. The Morgan fingerprint density at radius 2 is 1.00 bits per heavy atom. The van der Waals surface area contributed by atoms with E-state index in [1.807, 2.05) is 21.1 Å². The van der Waals surface area contributed by atoms with Crippen LogP contribution < -0.4 is 5.32 Å². The Bertz CT molecular complexity index is 763. The van der Waals surface area contributed by atoms with Crippen molar-refractivity contribution in [3.63, 3.8) is 0 Å². The minimum absolute atomic E-state index is 0.0763. The van der Waals surface area contributed by atoms with Gasteiger partial charge in [-0.15, -0.1) is 0 Å². The van der Waals surface area contributed by atoms with Crippen LogP contribution in [0.1, 0.15) is 194 Å². The van der Waals surface area contributed by atoms with Crippen LogP contribution in [0, 0.1) is 0 Å². The molecule has 0 bridgehead atoms. The fourth-order valence-corrected chi connectivity index (χ4v) is 6.78. The van der Waals surface area contributed by atoms with E-state index in [4.69, 9.17) is 9.05 Å². The Hall–Kier alpha value is -0.500. The number of hydrogen-bond acceptors (Lipinski definition) is 5. The number of nitrogens with one attached hydrogen (secondary N) is 1.